The lowest BCUT2D eigenvalue weighted by molar-refractivity contribution is -0.122. The number of nitrogens with one attached hydrogen (secondary N) is 1. The molecule has 0 radical (unpaired) electrons. The number of imide groups is 2. The van der Waals surface area contributed by atoms with Crippen LogP contribution >= 0.6 is 15.9 Å². The minimum Gasteiger partial charge on any atom is -0.493 e. The highest BCUT2D eigenvalue weighted by Crippen LogP contribution is 2.37. The number of ether oxygens (including phenoxy) is 2. The number of amides is 4. The second-order valence-electron chi connectivity index (χ2n) is 6.29. The molecule has 0 aliphatic carbocycles. The van der Waals surface area contributed by atoms with Gasteiger partial charge in [-0.2, -0.15) is 0 Å². The number of benzene rings is 2. The van der Waals surface area contributed by atoms with Crippen LogP contribution in [-0.4, -0.2) is 31.6 Å². The van der Waals surface area contributed by atoms with E-state index in [-0.39, 0.29) is 11.3 Å². The van der Waals surface area contributed by atoms with E-state index in [4.69, 9.17) is 9.47 Å². The Kier molecular flexibility index (Phi) is 6.51. The third-order valence-corrected chi connectivity index (χ3v) is 4.80. The predicted molar refractivity (Wildman–Crippen MR) is 112 cm³/mol. The van der Waals surface area contributed by atoms with Crippen molar-refractivity contribution in [2.75, 3.05) is 18.6 Å². The Hall–Kier alpha value is -3.20. The number of urea groups is 1. The molecule has 2 aromatic carbocycles. The van der Waals surface area contributed by atoms with Crippen molar-refractivity contribution in [3.63, 3.8) is 0 Å². The van der Waals surface area contributed by atoms with Gasteiger partial charge in [0.15, 0.2) is 11.5 Å². The summed E-state index contributed by atoms with van der Waals surface area (Å²) in [5.74, 6) is -1.69. The first kappa shape index (κ1) is 21.5. The maximum atomic E-state index is 14.2. The molecule has 0 bridgehead atoms. The Morgan fingerprint density at radius 2 is 1.93 bits per heavy atom. The molecule has 3 rings (SSSR count). The van der Waals surface area contributed by atoms with Crippen LogP contribution in [0.1, 0.15) is 18.9 Å². The molecule has 9 heteroatoms. The summed E-state index contributed by atoms with van der Waals surface area (Å²) in [5.41, 5.74) is -0.126. The SMILES string of the molecule is CCCOc1c(Br)cc(/C=C2\C(=O)NC(=O)N(c3ccccc3F)C2=O)cc1OC. The van der Waals surface area contributed by atoms with E-state index < -0.39 is 23.7 Å². The first-order chi connectivity index (χ1) is 14.4. The predicted octanol–water partition coefficient (Wildman–Crippen LogP) is 4.05. The summed E-state index contributed by atoms with van der Waals surface area (Å²) in [6.07, 6.45) is 2.10. The summed E-state index contributed by atoms with van der Waals surface area (Å²) in [7, 11) is 1.47. The van der Waals surface area contributed by atoms with Crippen molar-refractivity contribution in [2.45, 2.75) is 13.3 Å². The minimum absolute atomic E-state index is 0.250. The number of barbiturate groups is 1. The highest BCUT2D eigenvalue weighted by Gasteiger charge is 2.38. The third kappa shape index (κ3) is 4.20. The molecule has 1 aliphatic rings. The number of hydrogen-bond acceptors (Lipinski definition) is 5. The van der Waals surface area contributed by atoms with Crippen LogP contribution in [0.15, 0.2) is 46.4 Å². The molecule has 1 N–H and O–H groups in total. The molecular weight excluding hydrogens is 459 g/mol. The highest BCUT2D eigenvalue weighted by atomic mass is 79.9. The molecule has 7 nitrogen and oxygen atoms in total. The maximum absolute atomic E-state index is 14.2. The number of nitrogens with zero attached hydrogens (tertiary/aromatic N) is 1. The van der Waals surface area contributed by atoms with Gasteiger partial charge in [-0.3, -0.25) is 14.9 Å². The number of carbonyl (C=O) groups excluding carboxylic acids is 3. The zero-order valence-electron chi connectivity index (χ0n) is 16.2. The number of rotatable bonds is 6. The first-order valence-corrected chi connectivity index (χ1v) is 9.83. The molecule has 1 fully saturated rings. The molecule has 1 aliphatic heterocycles. The lowest BCUT2D eigenvalue weighted by Gasteiger charge is -2.26. The van der Waals surface area contributed by atoms with Gasteiger partial charge in [-0.05, 0) is 58.3 Å². The van der Waals surface area contributed by atoms with Crippen LogP contribution in [0.3, 0.4) is 0 Å². The lowest BCUT2D eigenvalue weighted by Crippen LogP contribution is -2.54. The van der Waals surface area contributed by atoms with E-state index in [0.29, 0.717) is 33.0 Å². The van der Waals surface area contributed by atoms with Crippen LogP contribution in [0.2, 0.25) is 0 Å². The Bertz CT molecular complexity index is 1050. The van der Waals surface area contributed by atoms with Crippen LogP contribution in [0.25, 0.3) is 6.08 Å². The van der Waals surface area contributed by atoms with Gasteiger partial charge in [0, 0.05) is 0 Å². The van der Waals surface area contributed by atoms with Gasteiger partial charge < -0.3 is 9.47 Å². The second-order valence-corrected chi connectivity index (χ2v) is 7.15. The largest absolute Gasteiger partial charge is 0.493 e. The van der Waals surface area contributed by atoms with E-state index in [0.717, 1.165) is 12.5 Å². The topological polar surface area (TPSA) is 84.9 Å². The summed E-state index contributed by atoms with van der Waals surface area (Å²) >= 11 is 3.40. The fourth-order valence-electron chi connectivity index (χ4n) is 2.84. The molecule has 0 spiro atoms. The van der Waals surface area contributed by atoms with Crippen molar-refractivity contribution in [1.29, 1.82) is 0 Å². The molecule has 2 aromatic rings. The normalized spacial score (nSPS) is 15.4. The molecule has 1 heterocycles. The van der Waals surface area contributed by atoms with Crippen molar-refractivity contribution in [2.24, 2.45) is 0 Å². The van der Waals surface area contributed by atoms with E-state index >= 15 is 0 Å². The van der Waals surface area contributed by atoms with Crippen molar-refractivity contribution >= 4 is 45.5 Å². The number of anilines is 1. The van der Waals surface area contributed by atoms with Crippen LogP contribution in [-0.2, 0) is 9.59 Å². The maximum Gasteiger partial charge on any atom is 0.336 e. The molecule has 0 unspecified atom stereocenters. The van der Waals surface area contributed by atoms with E-state index in [1.54, 1.807) is 12.1 Å². The first-order valence-electron chi connectivity index (χ1n) is 9.03. The quantitative estimate of drug-likeness (QED) is 0.502. The van der Waals surface area contributed by atoms with Crippen molar-refractivity contribution in [1.82, 2.24) is 5.32 Å². The minimum atomic E-state index is -1.02. The van der Waals surface area contributed by atoms with Gasteiger partial charge in [-0.1, -0.05) is 19.1 Å². The molecule has 0 aromatic heterocycles. The highest BCUT2D eigenvalue weighted by molar-refractivity contribution is 9.10. The van der Waals surface area contributed by atoms with Crippen molar-refractivity contribution in [3.05, 3.63) is 57.8 Å². The van der Waals surface area contributed by atoms with Gasteiger partial charge in [0.25, 0.3) is 11.8 Å². The standard InChI is InChI=1S/C21H18BrFN2O5/c1-3-8-30-18-14(22)10-12(11-17(18)29-2)9-13-19(26)24-21(28)25(20(13)27)16-7-5-4-6-15(16)23/h4-7,9-11H,3,8H2,1-2H3,(H,24,26,28)/b13-9+. The van der Waals surface area contributed by atoms with E-state index in [1.165, 1.54) is 31.4 Å². The van der Waals surface area contributed by atoms with Gasteiger partial charge in [0.1, 0.15) is 11.4 Å². The van der Waals surface area contributed by atoms with Crippen LogP contribution in [0, 0.1) is 5.82 Å². The van der Waals surface area contributed by atoms with Gasteiger partial charge in [-0.25, -0.2) is 14.1 Å². The van der Waals surface area contributed by atoms with Crippen molar-refractivity contribution in [3.8, 4) is 11.5 Å². The van der Waals surface area contributed by atoms with Crippen molar-refractivity contribution < 1.29 is 28.2 Å². The van der Waals surface area contributed by atoms with Gasteiger partial charge in [0.05, 0.1) is 23.9 Å². The Labute approximate surface area is 180 Å². The molecule has 0 saturated carbocycles. The molecular formula is C21H18BrFN2O5. The molecule has 156 valence electrons. The van der Waals surface area contributed by atoms with Gasteiger partial charge in [0.2, 0.25) is 0 Å². The summed E-state index contributed by atoms with van der Waals surface area (Å²) < 4.78 is 25.7. The fraction of sp³-hybridized carbons (Fsp3) is 0.190. The number of halogens is 2. The average Bonchev–Trinajstić information content (AvgIpc) is 2.71. The van der Waals surface area contributed by atoms with Gasteiger partial charge in [-0.15, -0.1) is 0 Å². The summed E-state index contributed by atoms with van der Waals surface area (Å²) in [6.45, 7) is 2.45. The fourth-order valence-corrected chi connectivity index (χ4v) is 3.42. The number of para-hydroxylation sites is 1. The van der Waals surface area contributed by atoms with E-state index in [1.807, 2.05) is 6.92 Å². The second kappa shape index (κ2) is 9.08. The van der Waals surface area contributed by atoms with Gasteiger partial charge >= 0.3 is 6.03 Å². The zero-order chi connectivity index (χ0) is 21.8. The molecule has 0 atom stereocenters. The average molecular weight is 477 g/mol. The zero-order valence-corrected chi connectivity index (χ0v) is 17.8. The lowest BCUT2D eigenvalue weighted by atomic mass is 10.1. The molecule has 30 heavy (non-hydrogen) atoms. The van der Waals surface area contributed by atoms with E-state index in [9.17, 15) is 18.8 Å². The Morgan fingerprint density at radius 3 is 2.60 bits per heavy atom. The van der Waals surface area contributed by atoms with E-state index in [2.05, 4.69) is 21.2 Å². The number of carbonyl (C=O) groups is 3. The molecule has 1 saturated heterocycles. The molecule has 4 amide bonds. The third-order valence-electron chi connectivity index (χ3n) is 4.21. The van der Waals surface area contributed by atoms with Crippen LogP contribution < -0.4 is 19.7 Å². The summed E-state index contributed by atoms with van der Waals surface area (Å²) in [6, 6.07) is 7.52. The number of hydrogen-bond donors (Lipinski definition) is 1. The van der Waals surface area contributed by atoms with Crippen LogP contribution in [0.5, 0.6) is 11.5 Å². The number of methoxy groups -OCH3 is 1. The summed E-state index contributed by atoms with van der Waals surface area (Å²) in [4.78, 5) is 38.0. The Morgan fingerprint density at radius 1 is 1.20 bits per heavy atom. The smallest absolute Gasteiger partial charge is 0.336 e. The Balaban J connectivity index is 2.02. The monoisotopic (exact) mass is 476 g/mol. The van der Waals surface area contributed by atoms with Crippen LogP contribution in [0.4, 0.5) is 14.9 Å². The summed E-state index contributed by atoms with van der Waals surface area (Å²) in [5, 5.41) is 2.06.